The van der Waals surface area contributed by atoms with Gasteiger partial charge in [-0.1, -0.05) is 37.3 Å². The zero-order valence-electron chi connectivity index (χ0n) is 12.5. The number of hydrogen-bond acceptors (Lipinski definition) is 4. The lowest BCUT2D eigenvalue weighted by Gasteiger charge is -2.13. The van der Waals surface area contributed by atoms with Gasteiger partial charge in [-0.15, -0.1) is 0 Å². The predicted octanol–water partition coefficient (Wildman–Crippen LogP) is 2.24. The van der Waals surface area contributed by atoms with Crippen molar-refractivity contribution in [3.05, 3.63) is 35.9 Å². The summed E-state index contributed by atoms with van der Waals surface area (Å²) in [7, 11) is -4.10. The summed E-state index contributed by atoms with van der Waals surface area (Å²) in [4.78, 5) is 11.6. The highest BCUT2D eigenvalue weighted by Gasteiger charge is 2.30. The van der Waals surface area contributed by atoms with Gasteiger partial charge in [-0.3, -0.25) is 4.79 Å². The largest absolute Gasteiger partial charge is 0.461 e. The van der Waals surface area contributed by atoms with E-state index in [4.69, 9.17) is 4.74 Å². The molecule has 5 nitrogen and oxygen atoms in total. The molecule has 1 aromatic carbocycles. The Kier molecular flexibility index (Phi) is 7.01. The van der Waals surface area contributed by atoms with E-state index in [0.29, 0.717) is 0 Å². The van der Waals surface area contributed by atoms with Gasteiger partial charge in [-0.2, -0.15) is 13.2 Å². The van der Waals surface area contributed by atoms with E-state index in [2.05, 4.69) is 0 Å². The summed E-state index contributed by atoms with van der Waals surface area (Å²) in [6.07, 6.45) is -4.81. The number of rotatable bonds is 8. The number of nitrogens with one attached hydrogen (secondary N) is 1. The minimum absolute atomic E-state index is 0.0610. The highest BCUT2D eigenvalue weighted by molar-refractivity contribution is 7.89. The third-order valence-electron chi connectivity index (χ3n) is 2.75. The zero-order chi connectivity index (χ0) is 17.5. The van der Waals surface area contributed by atoms with Crippen LogP contribution in [0.4, 0.5) is 13.2 Å². The molecule has 9 heteroatoms. The minimum Gasteiger partial charge on any atom is -0.461 e. The fourth-order valence-electron chi connectivity index (χ4n) is 1.77. The summed E-state index contributed by atoms with van der Waals surface area (Å²) in [6.45, 7) is -0.109. The maximum Gasteiger partial charge on any atom is 0.402 e. The second kappa shape index (κ2) is 8.30. The molecule has 0 radical (unpaired) electrons. The molecule has 0 heterocycles. The Hall–Kier alpha value is -1.61. The molecule has 0 spiro atoms. The topological polar surface area (TPSA) is 72.5 Å². The molecule has 0 unspecified atom stereocenters. The van der Waals surface area contributed by atoms with Crippen molar-refractivity contribution >= 4 is 16.0 Å². The van der Waals surface area contributed by atoms with Gasteiger partial charge in [-0.05, 0) is 11.5 Å². The third-order valence-corrected chi connectivity index (χ3v) is 4.35. The number of carbonyl (C=O) groups excluding carboxylic acids is 1. The van der Waals surface area contributed by atoms with Crippen LogP contribution < -0.4 is 4.72 Å². The molecule has 0 bridgehead atoms. The summed E-state index contributed by atoms with van der Waals surface area (Å²) in [5, 5.41) is 0. The van der Waals surface area contributed by atoms with Crippen molar-refractivity contribution in [1.82, 2.24) is 4.72 Å². The lowest BCUT2D eigenvalue weighted by atomic mass is 10.1. The number of alkyl halides is 3. The first-order valence-corrected chi connectivity index (χ1v) is 8.46. The highest BCUT2D eigenvalue weighted by Crippen LogP contribution is 2.14. The molecule has 0 fully saturated rings. The average Bonchev–Trinajstić information content (AvgIpc) is 2.43. The quantitative estimate of drug-likeness (QED) is 0.728. The first-order chi connectivity index (χ1) is 10.6. The molecule has 0 aromatic heterocycles. The SMILES string of the molecule is C[C@@H](CC(=O)OCc1ccccc1)CS(=O)(=O)NCC(F)(F)F. The summed E-state index contributed by atoms with van der Waals surface area (Å²) in [5.41, 5.74) is 0.785. The second-order valence-corrected chi connectivity index (χ2v) is 7.02. The number of esters is 1. The van der Waals surface area contributed by atoms with Crippen LogP contribution in [0.1, 0.15) is 18.9 Å². The number of benzene rings is 1. The molecule has 0 saturated carbocycles. The van der Waals surface area contributed by atoms with Crippen molar-refractivity contribution in [2.75, 3.05) is 12.3 Å². The van der Waals surface area contributed by atoms with E-state index < -0.39 is 40.4 Å². The van der Waals surface area contributed by atoms with Crippen LogP contribution in [-0.2, 0) is 26.2 Å². The molecular weight excluding hydrogens is 335 g/mol. The van der Waals surface area contributed by atoms with Crippen molar-refractivity contribution in [2.24, 2.45) is 5.92 Å². The van der Waals surface area contributed by atoms with Crippen LogP contribution in [0.2, 0.25) is 0 Å². The van der Waals surface area contributed by atoms with Gasteiger partial charge in [0.1, 0.15) is 13.2 Å². The monoisotopic (exact) mass is 353 g/mol. The fraction of sp³-hybridized carbons (Fsp3) is 0.500. The maximum atomic E-state index is 12.0. The van der Waals surface area contributed by atoms with Crippen LogP contribution in [0.3, 0.4) is 0 Å². The first-order valence-electron chi connectivity index (χ1n) is 6.81. The van der Waals surface area contributed by atoms with Gasteiger partial charge < -0.3 is 4.74 Å². The highest BCUT2D eigenvalue weighted by atomic mass is 32.2. The fourth-order valence-corrected chi connectivity index (χ4v) is 3.13. The number of halogens is 3. The van der Waals surface area contributed by atoms with Gasteiger partial charge in [0, 0.05) is 6.42 Å². The molecule has 0 aliphatic rings. The predicted molar refractivity (Wildman–Crippen MR) is 77.9 cm³/mol. The van der Waals surface area contributed by atoms with E-state index in [1.807, 2.05) is 6.07 Å². The number of ether oxygens (including phenoxy) is 1. The van der Waals surface area contributed by atoms with E-state index in [1.54, 1.807) is 24.3 Å². The van der Waals surface area contributed by atoms with Crippen LogP contribution >= 0.6 is 0 Å². The molecule has 0 aliphatic heterocycles. The zero-order valence-corrected chi connectivity index (χ0v) is 13.3. The third kappa shape index (κ3) is 9.19. The molecule has 0 aliphatic carbocycles. The van der Waals surface area contributed by atoms with Crippen molar-refractivity contribution < 1.29 is 31.1 Å². The standard InChI is InChI=1S/C14H18F3NO4S/c1-11(9-23(20,21)18-10-14(15,16)17)7-13(19)22-8-12-5-3-2-4-6-12/h2-6,11,18H,7-10H2,1H3/t11-/m0/s1. The Morgan fingerprint density at radius 3 is 2.43 bits per heavy atom. The summed E-state index contributed by atoms with van der Waals surface area (Å²) in [5.74, 6) is -1.85. The Labute approximate surface area is 132 Å². The van der Waals surface area contributed by atoms with Crippen LogP contribution in [-0.4, -0.2) is 32.9 Å². The Balaban J connectivity index is 2.37. The van der Waals surface area contributed by atoms with Crippen molar-refractivity contribution in [2.45, 2.75) is 26.1 Å². The molecule has 0 amide bonds. The lowest BCUT2D eigenvalue weighted by Crippen LogP contribution is -2.36. The maximum absolute atomic E-state index is 12.0. The van der Waals surface area contributed by atoms with Crippen molar-refractivity contribution in [3.8, 4) is 0 Å². The molecule has 1 aromatic rings. The molecule has 0 saturated heterocycles. The molecular formula is C14H18F3NO4S. The minimum atomic E-state index is -4.62. The normalized spacial score (nSPS) is 13.6. The van der Waals surface area contributed by atoms with Crippen LogP contribution in [0.5, 0.6) is 0 Å². The van der Waals surface area contributed by atoms with Crippen molar-refractivity contribution in [1.29, 1.82) is 0 Å². The summed E-state index contributed by atoms with van der Waals surface area (Å²) in [6, 6.07) is 8.91. The first kappa shape index (κ1) is 19.4. The molecule has 1 atom stereocenters. The van der Waals surface area contributed by atoms with Gasteiger partial charge in [0.2, 0.25) is 10.0 Å². The van der Waals surface area contributed by atoms with Crippen LogP contribution in [0.25, 0.3) is 0 Å². The van der Waals surface area contributed by atoms with E-state index in [-0.39, 0.29) is 13.0 Å². The van der Waals surface area contributed by atoms with E-state index in [9.17, 15) is 26.4 Å². The Bertz CT molecular complexity index is 602. The van der Waals surface area contributed by atoms with Crippen LogP contribution in [0, 0.1) is 5.92 Å². The van der Waals surface area contributed by atoms with Gasteiger partial charge in [-0.25, -0.2) is 13.1 Å². The summed E-state index contributed by atoms with van der Waals surface area (Å²) >= 11 is 0. The van der Waals surface area contributed by atoms with Gasteiger partial charge >= 0.3 is 12.1 Å². The van der Waals surface area contributed by atoms with Gasteiger partial charge in [0.05, 0.1) is 5.75 Å². The molecule has 130 valence electrons. The summed E-state index contributed by atoms with van der Waals surface area (Å²) < 4.78 is 65.4. The number of hydrogen-bond donors (Lipinski definition) is 1. The second-order valence-electron chi connectivity index (χ2n) is 5.17. The van der Waals surface area contributed by atoms with E-state index in [0.717, 1.165) is 5.56 Å². The van der Waals surface area contributed by atoms with Gasteiger partial charge in [0.25, 0.3) is 0 Å². The van der Waals surface area contributed by atoms with E-state index >= 15 is 0 Å². The smallest absolute Gasteiger partial charge is 0.402 e. The van der Waals surface area contributed by atoms with Crippen LogP contribution in [0.15, 0.2) is 30.3 Å². The van der Waals surface area contributed by atoms with Gasteiger partial charge in [0.15, 0.2) is 0 Å². The molecule has 1 rings (SSSR count). The molecule has 23 heavy (non-hydrogen) atoms. The molecule has 1 N–H and O–H groups in total. The van der Waals surface area contributed by atoms with E-state index in [1.165, 1.54) is 11.6 Å². The number of carbonyl (C=O) groups is 1. The number of sulfonamides is 1. The van der Waals surface area contributed by atoms with Crippen molar-refractivity contribution in [3.63, 3.8) is 0 Å². The Morgan fingerprint density at radius 1 is 1.26 bits per heavy atom. The lowest BCUT2D eigenvalue weighted by molar-refractivity contribution is -0.145. The average molecular weight is 353 g/mol. The Morgan fingerprint density at radius 2 is 1.87 bits per heavy atom.